The number of hydrogen-bond donors (Lipinski definition) is 3. The van der Waals surface area contributed by atoms with Crippen LogP contribution in [-0.2, 0) is 4.79 Å². The largest absolute Gasteiger partial charge is 0.481 e. The maximum atomic E-state index is 10.6. The molecule has 0 aliphatic heterocycles. The van der Waals surface area contributed by atoms with Crippen molar-refractivity contribution in [3.63, 3.8) is 0 Å². The monoisotopic (exact) mass is 384 g/mol. The van der Waals surface area contributed by atoms with Gasteiger partial charge in [-0.15, -0.1) is 0 Å². The van der Waals surface area contributed by atoms with E-state index >= 15 is 0 Å². The highest BCUT2D eigenvalue weighted by Gasteiger charge is 2.44. The summed E-state index contributed by atoms with van der Waals surface area (Å²) in [6.45, 7) is 2.02. The second kappa shape index (κ2) is 9.53. The maximum Gasteiger partial charge on any atom is 0.303 e. The van der Waals surface area contributed by atoms with E-state index in [0.29, 0.717) is 18.3 Å². The zero-order valence-corrected chi connectivity index (χ0v) is 16.6. The van der Waals surface area contributed by atoms with Crippen LogP contribution in [0.5, 0.6) is 0 Å². The molecule has 1 unspecified atom stereocenters. The fraction of sp³-hybridized carbons (Fsp3) is 0.542. The minimum atomic E-state index is -0.738. The number of unbranched alkanes of at least 4 members (excludes halogenated alkanes) is 1. The number of carboxylic acid groups (broad SMARTS) is 1. The summed E-state index contributed by atoms with van der Waals surface area (Å²) >= 11 is 0. The zero-order valence-electron chi connectivity index (χ0n) is 16.6. The number of allylic oxidation sites excluding steroid dienone is 2. The summed E-state index contributed by atoms with van der Waals surface area (Å²) in [5.41, 5.74) is 2.51. The number of rotatable bonds is 8. The van der Waals surface area contributed by atoms with Crippen LogP contribution in [-0.4, -0.2) is 33.5 Å². The Balaban J connectivity index is 1.57. The topological polar surface area (TPSA) is 77.8 Å². The number of benzene rings is 1. The molecule has 1 aromatic rings. The van der Waals surface area contributed by atoms with Gasteiger partial charge >= 0.3 is 5.97 Å². The van der Waals surface area contributed by atoms with Crippen molar-refractivity contribution in [1.82, 2.24) is 0 Å². The van der Waals surface area contributed by atoms with Gasteiger partial charge in [0.2, 0.25) is 0 Å². The predicted octanol–water partition coefficient (Wildman–Crippen LogP) is 4.30. The molecule has 2 aliphatic carbocycles. The van der Waals surface area contributed by atoms with Crippen molar-refractivity contribution < 1.29 is 20.1 Å². The van der Waals surface area contributed by atoms with Crippen molar-refractivity contribution in [1.29, 1.82) is 0 Å². The first-order valence-electron chi connectivity index (χ1n) is 10.4. The van der Waals surface area contributed by atoms with Crippen molar-refractivity contribution in [3.05, 3.63) is 59.7 Å². The summed E-state index contributed by atoms with van der Waals surface area (Å²) in [5, 5.41) is 29.8. The Morgan fingerprint density at radius 2 is 2.00 bits per heavy atom. The van der Waals surface area contributed by atoms with Crippen LogP contribution in [0.1, 0.15) is 56.9 Å². The molecule has 1 aromatic carbocycles. The van der Waals surface area contributed by atoms with Gasteiger partial charge in [0.05, 0.1) is 12.2 Å². The molecular formula is C24H32O4. The van der Waals surface area contributed by atoms with E-state index in [9.17, 15) is 15.0 Å². The van der Waals surface area contributed by atoms with Gasteiger partial charge in [0, 0.05) is 18.3 Å². The van der Waals surface area contributed by atoms with Crippen LogP contribution in [0.15, 0.2) is 54.1 Å². The Labute approximate surface area is 167 Å². The molecule has 0 spiro atoms. The Bertz CT molecular complexity index is 709. The third kappa shape index (κ3) is 5.12. The van der Waals surface area contributed by atoms with E-state index in [1.807, 2.05) is 49.4 Å². The molecule has 4 heteroatoms. The molecule has 2 aliphatic rings. The quantitative estimate of drug-likeness (QED) is 0.461. The van der Waals surface area contributed by atoms with E-state index in [2.05, 4.69) is 6.08 Å². The van der Waals surface area contributed by atoms with Gasteiger partial charge in [0.15, 0.2) is 0 Å². The number of carboxylic acids is 1. The van der Waals surface area contributed by atoms with Crippen molar-refractivity contribution in [2.75, 3.05) is 0 Å². The van der Waals surface area contributed by atoms with Crippen LogP contribution < -0.4 is 0 Å². The third-order valence-corrected chi connectivity index (χ3v) is 6.51. The minimum Gasteiger partial charge on any atom is -0.481 e. The van der Waals surface area contributed by atoms with Gasteiger partial charge in [0.25, 0.3) is 0 Å². The molecule has 6 atom stereocenters. The molecule has 2 saturated carbocycles. The molecule has 0 amide bonds. The van der Waals surface area contributed by atoms with E-state index in [-0.39, 0.29) is 24.4 Å². The zero-order chi connectivity index (χ0) is 20.1. The lowest BCUT2D eigenvalue weighted by molar-refractivity contribution is -0.137. The van der Waals surface area contributed by atoms with Crippen LogP contribution in [0.4, 0.5) is 0 Å². The molecule has 0 heterocycles. The summed E-state index contributed by atoms with van der Waals surface area (Å²) in [4.78, 5) is 10.6. The van der Waals surface area contributed by atoms with Gasteiger partial charge in [-0.3, -0.25) is 4.79 Å². The lowest BCUT2D eigenvalue weighted by Gasteiger charge is -2.20. The molecule has 28 heavy (non-hydrogen) atoms. The average molecular weight is 385 g/mol. The Hall–Kier alpha value is -1.91. The first-order valence-corrected chi connectivity index (χ1v) is 10.4. The molecule has 0 saturated heterocycles. The van der Waals surface area contributed by atoms with E-state index in [1.54, 1.807) is 0 Å². The van der Waals surface area contributed by atoms with E-state index in [0.717, 1.165) is 31.2 Å². The van der Waals surface area contributed by atoms with Crippen molar-refractivity contribution in [3.8, 4) is 0 Å². The summed E-state index contributed by atoms with van der Waals surface area (Å²) in [7, 11) is 0. The van der Waals surface area contributed by atoms with Gasteiger partial charge in [-0.1, -0.05) is 61.1 Å². The fourth-order valence-corrected chi connectivity index (χ4v) is 4.86. The van der Waals surface area contributed by atoms with Gasteiger partial charge in [-0.25, -0.2) is 0 Å². The highest BCUT2D eigenvalue weighted by atomic mass is 16.4. The van der Waals surface area contributed by atoms with Crippen LogP contribution in [0.2, 0.25) is 0 Å². The van der Waals surface area contributed by atoms with Crippen molar-refractivity contribution in [2.24, 2.45) is 17.8 Å². The van der Waals surface area contributed by atoms with Crippen molar-refractivity contribution in [2.45, 2.75) is 63.6 Å². The summed E-state index contributed by atoms with van der Waals surface area (Å²) in [5.74, 6) is 0.293. The number of aliphatic carboxylic acids is 1. The second-order valence-electron chi connectivity index (χ2n) is 8.44. The molecule has 0 aromatic heterocycles. The van der Waals surface area contributed by atoms with Crippen LogP contribution >= 0.6 is 0 Å². The van der Waals surface area contributed by atoms with E-state index in [4.69, 9.17) is 5.11 Å². The van der Waals surface area contributed by atoms with E-state index < -0.39 is 12.1 Å². The molecule has 2 fully saturated rings. The SMILES string of the molecule is CC(c1ccccc1)[C@@H](O)C=C[C@@H]1[C@H]2CC(=CCCCC(=O)O)C[C@@H]2C[C@H]1O. The average Bonchev–Trinajstić information content (AvgIpc) is 3.19. The van der Waals surface area contributed by atoms with Gasteiger partial charge in [-0.05, 0) is 49.5 Å². The third-order valence-electron chi connectivity index (χ3n) is 6.51. The number of hydrogen-bond acceptors (Lipinski definition) is 3. The normalized spacial score (nSPS) is 30.6. The maximum absolute atomic E-state index is 10.6. The summed E-state index contributed by atoms with van der Waals surface area (Å²) < 4.78 is 0. The Kier molecular flexibility index (Phi) is 7.08. The first-order chi connectivity index (χ1) is 13.5. The van der Waals surface area contributed by atoms with Crippen LogP contribution in [0.3, 0.4) is 0 Å². The van der Waals surface area contributed by atoms with Gasteiger partial charge in [-0.2, -0.15) is 0 Å². The van der Waals surface area contributed by atoms with E-state index in [1.165, 1.54) is 5.57 Å². The smallest absolute Gasteiger partial charge is 0.303 e. The molecule has 4 nitrogen and oxygen atoms in total. The molecule has 0 bridgehead atoms. The second-order valence-corrected chi connectivity index (χ2v) is 8.44. The molecule has 0 radical (unpaired) electrons. The number of aliphatic hydroxyl groups excluding tert-OH is 2. The Morgan fingerprint density at radius 3 is 2.71 bits per heavy atom. The first kappa shape index (κ1) is 20.8. The van der Waals surface area contributed by atoms with Crippen LogP contribution in [0, 0.1) is 17.8 Å². The lowest BCUT2D eigenvalue weighted by atomic mass is 9.89. The summed E-state index contributed by atoms with van der Waals surface area (Å²) in [6.07, 6.45) is 9.74. The number of fused-ring (bicyclic) bond motifs is 1. The highest BCUT2D eigenvalue weighted by Crippen LogP contribution is 2.50. The summed E-state index contributed by atoms with van der Waals surface area (Å²) in [6, 6.07) is 9.99. The molecule has 3 N–H and O–H groups in total. The number of aliphatic hydroxyl groups is 2. The standard InChI is InChI=1S/C24H32O4/c1-16(18-8-3-2-4-9-18)22(25)12-11-20-21-14-17(7-5-6-10-24(27)28)13-19(21)15-23(20)26/h2-4,7-9,11-12,16,19-23,25-26H,5-6,10,13-15H2,1H3,(H,27,28)/t16?,19-,20-,21+,22+,23-/m1/s1. The molecule has 152 valence electrons. The lowest BCUT2D eigenvalue weighted by Crippen LogP contribution is -2.19. The van der Waals surface area contributed by atoms with Crippen molar-refractivity contribution >= 4 is 5.97 Å². The Morgan fingerprint density at radius 1 is 1.25 bits per heavy atom. The van der Waals surface area contributed by atoms with Gasteiger partial charge < -0.3 is 15.3 Å². The van der Waals surface area contributed by atoms with Crippen LogP contribution in [0.25, 0.3) is 0 Å². The molecule has 3 rings (SSSR count). The highest BCUT2D eigenvalue weighted by molar-refractivity contribution is 5.66. The predicted molar refractivity (Wildman–Crippen MR) is 110 cm³/mol. The number of carbonyl (C=O) groups is 1. The minimum absolute atomic E-state index is 0.0139. The van der Waals surface area contributed by atoms with Gasteiger partial charge in [0.1, 0.15) is 0 Å². The molecular weight excluding hydrogens is 352 g/mol. The fourth-order valence-electron chi connectivity index (χ4n) is 4.86.